The van der Waals surface area contributed by atoms with Crippen LogP contribution >= 0.6 is 0 Å². The topological polar surface area (TPSA) is 73.7 Å². The Bertz CT molecular complexity index is 1040. The fraction of sp³-hybridized carbons (Fsp3) is 0.261. The van der Waals surface area contributed by atoms with Crippen LogP contribution < -0.4 is 15.0 Å². The van der Waals surface area contributed by atoms with Crippen LogP contribution in [0.2, 0.25) is 0 Å². The molecule has 1 aromatic heterocycles. The average Bonchev–Trinajstić information content (AvgIpc) is 2.79. The maximum Gasteiger partial charge on any atom is 0.274 e. The number of para-hydroxylation sites is 1. The zero-order valence-electron chi connectivity index (χ0n) is 17.2. The fourth-order valence-corrected chi connectivity index (χ4v) is 2.81. The average molecular weight is 425 g/mol. The van der Waals surface area contributed by atoms with Crippen molar-refractivity contribution < 1.29 is 18.7 Å². The second-order valence-corrected chi connectivity index (χ2v) is 6.82. The number of rotatable bonds is 10. The van der Waals surface area contributed by atoms with Crippen molar-refractivity contribution in [1.82, 2.24) is 14.7 Å². The maximum absolute atomic E-state index is 12.9. The van der Waals surface area contributed by atoms with E-state index in [1.54, 1.807) is 19.2 Å². The molecule has 0 atom stereocenters. The van der Waals surface area contributed by atoms with Gasteiger partial charge in [0, 0.05) is 19.7 Å². The molecule has 1 amide bonds. The van der Waals surface area contributed by atoms with Crippen molar-refractivity contribution in [2.45, 2.75) is 13.0 Å². The van der Waals surface area contributed by atoms with E-state index in [4.69, 9.17) is 9.47 Å². The first-order chi connectivity index (χ1) is 15.0. The lowest BCUT2D eigenvalue weighted by molar-refractivity contribution is 0.0778. The predicted octanol–water partition coefficient (Wildman–Crippen LogP) is 3.00. The summed E-state index contributed by atoms with van der Waals surface area (Å²) in [6.45, 7) is 1.31. The fourth-order valence-electron chi connectivity index (χ4n) is 2.81. The minimum absolute atomic E-state index is 0.182. The predicted molar refractivity (Wildman–Crippen MR) is 114 cm³/mol. The molecule has 162 valence electrons. The van der Waals surface area contributed by atoms with Gasteiger partial charge >= 0.3 is 0 Å². The minimum atomic E-state index is -0.321. The van der Waals surface area contributed by atoms with Crippen LogP contribution in [0.5, 0.6) is 11.5 Å². The second-order valence-electron chi connectivity index (χ2n) is 6.82. The zero-order chi connectivity index (χ0) is 22.1. The van der Waals surface area contributed by atoms with E-state index in [0.717, 1.165) is 0 Å². The Balaban J connectivity index is 1.48. The van der Waals surface area contributed by atoms with Crippen LogP contribution in [-0.2, 0) is 6.54 Å². The van der Waals surface area contributed by atoms with Gasteiger partial charge in [0.05, 0.1) is 13.2 Å². The maximum atomic E-state index is 12.9. The van der Waals surface area contributed by atoms with Crippen LogP contribution in [-0.4, -0.2) is 47.4 Å². The molecule has 0 aliphatic rings. The van der Waals surface area contributed by atoms with E-state index in [0.29, 0.717) is 31.1 Å². The Kier molecular flexibility index (Phi) is 7.75. The molecule has 0 saturated heterocycles. The molecule has 0 aliphatic carbocycles. The van der Waals surface area contributed by atoms with Gasteiger partial charge in [0.1, 0.15) is 29.6 Å². The molecule has 3 aromatic rings. The Morgan fingerprint density at radius 3 is 2.39 bits per heavy atom. The van der Waals surface area contributed by atoms with E-state index in [1.165, 1.54) is 33.8 Å². The minimum Gasteiger partial charge on any atom is -0.494 e. The number of carbonyl (C=O) groups excluding carboxylic acids is 1. The van der Waals surface area contributed by atoms with Crippen LogP contribution in [0.4, 0.5) is 4.39 Å². The summed E-state index contributed by atoms with van der Waals surface area (Å²) in [6.07, 6.45) is 0.587. The molecule has 8 heteroatoms. The van der Waals surface area contributed by atoms with Crippen molar-refractivity contribution in [2.75, 3.05) is 26.8 Å². The Morgan fingerprint density at radius 1 is 0.968 bits per heavy atom. The third-order valence-corrected chi connectivity index (χ3v) is 4.47. The number of halogens is 1. The molecule has 0 saturated carbocycles. The summed E-state index contributed by atoms with van der Waals surface area (Å²) >= 11 is 0. The third-order valence-electron chi connectivity index (χ3n) is 4.47. The lowest BCUT2D eigenvalue weighted by atomic mass is 10.3. The lowest BCUT2D eigenvalue weighted by Gasteiger charge is -2.17. The van der Waals surface area contributed by atoms with E-state index < -0.39 is 0 Å². The smallest absolute Gasteiger partial charge is 0.274 e. The number of hydrogen-bond donors (Lipinski definition) is 0. The van der Waals surface area contributed by atoms with Crippen LogP contribution in [0.15, 0.2) is 71.5 Å². The quantitative estimate of drug-likeness (QED) is 0.467. The summed E-state index contributed by atoms with van der Waals surface area (Å²) in [6, 6.07) is 17.8. The van der Waals surface area contributed by atoms with Gasteiger partial charge in [0.2, 0.25) is 0 Å². The highest BCUT2D eigenvalue weighted by atomic mass is 19.1. The molecule has 3 rings (SSSR count). The van der Waals surface area contributed by atoms with Crippen molar-refractivity contribution in [3.63, 3.8) is 0 Å². The number of carbonyl (C=O) groups is 1. The van der Waals surface area contributed by atoms with E-state index in [9.17, 15) is 14.0 Å². The summed E-state index contributed by atoms with van der Waals surface area (Å²) < 4.78 is 25.2. The number of aromatic nitrogens is 2. The summed E-state index contributed by atoms with van der Waals surface area (Å²) in [7, 11) is 1.66. The van der Waals surface area contributed by atoms with Gasteiger partial charge in [-0.25, -0.2) is 9.07 Å². The third kappa shape index (κ3) is 6.67. The molecule has 0 N–H and O–H groups in total. The van der Waals surface area contributed by atoms with Gasteiger partial charge in [-0.15, -0.1) is 0 Å². The monoisotopic (exact) mass is 425 g/mol. The highest BCUT2D eigenvalue weighted by Gasteiger charge is 2.14. The molecule has 0 fully saturated rings. The van der Waals surface area contributed by atoms with E-state index >= 15 is 0 Å². The summed E-state index contributed by atoms with van der Waals surface area (Å²) in [5.74, 6) is 0.657. The van der Waals surface area contributed by atoms with Crippen LogP contribution in [0.3, 0.4) is 0 Å². The molecule has 0 spiro atoms. The molecule has 2 aromatic carbocycles. The van der Waals surface area contributed by atoms with Gasteiger partial charge in [-0.3, -0.25) is 9.59 Å². The van der Waals surface area contributed by atoms with Gasteiger partial charge in [0.25, 0.3) is 11.5 Å². The molecule has 0 aliphatic heterocycles. The van der Waals surface area contributed by atoms with Crippen molar-refractivity contribution in [2.24, 2.45) is 0 Å². The standard InChI is InChI=1S/C23H24FN3O4/c1-26(14-5-16-30-20-10-8-18(24)9-11-20)23(29)21-12-13-22(28)27(25-21)15-17-31-19-6-3-2-4-7-19/h2-4,6-13H,5,14-17H2,1H3. The zero-order valence-corrected chi connectivity index (χ0v) is 17.2. The molecular formula is C23H24FN3O4. The first-order valence-electron chi connectivity index (χ1n) is 9.93. The van der Waals surface area contributed by atoms with Crippen LogP contribution in [0, 0.1) is 5.82 Å². The molecule has 0 unspecified atom stereocenters. The van der Waals surface area contributed by atoms with E-state index in [-0.39, 0.29) is 36.1 Å². The summed E-state index contributed by atoms with van der Waals surface area (Å²) in [4.78, 5) is 26.2. The largest absolute Gasteiger partial charge is 0.494 e. The Morgan fingerprint density at radius 2 is 1.65 bits per heavy atom. The Labute approximate surface area is 179 Å². The van der Waals surface area contributed by atoms with Gasteiger partial charge in [-0.2, -0.15) is 5.10 Å². The number of hydrogen-bond acceptors (Lipinski definition) is 5. The highest BCUT2D eigenvalue weighted by molar-refractivity contribution is 5.91. The van der Waals surface area contributed by atoms with Gasteiger partial charge in [-0.05, 0) is 48.9 Å². The van der Waals surface area contributed by atoms with Gasteiger partial charge < -0.3 is 14.4 Å². The van der Waals surface area contributed by atoms with E-state index in [1.807, 2.05) is 30.3 Å². The second kappa shape index (κ2) is 10.9. The van der Waals surface area contributed by atoms with Crippen molar-refractivity contribution in [1.29, 1.82) is 0 Å². The van der Waals surface area contributed by atoms with Crippen LogP contribution in [0.1, 0.15) is 16.9 Å². The first-order valence-corrected chi connectivity index (χ1v) is 9.93. The number of benzene rings is 2. The first kappa shape index (κ1) is 22.0. The molecule has 7 nitrogen and oxygen atoms in total. The normalized spacial score (nSPS) is 10.5. The molecule has 0 bridgehead atoms. The summed E-state index contributed by atoms with van der Waals surface area (Å²) in [5.41, 5.74) is -0.121. The molecule has 0 radical (unpaired) electrons. The molecular weight excluding hydrogens is 401 g/mol. The number of ether oxygens (including phenoxy) is 2. The summed E-state index contributed by atoms with van der Waals surface area (Å²) in [5, 5.41) is 4.17. The van der Waals surface area contributed by atoms with Crippen molar-refractivity contribution in [3.05, 3.63) is 88.6 Å². The Hall–Kier alpha value is -3.68. The lowest BCUT2D eigenvalue weighted by Crippen LogP contribution is -2.33. The SMILES string of the molecule is CN(CCCOc1ccc(F)cc1)C(=O)c1ccc(=O)n(CCOc2ccccc2)n1. The van der Waals surface area contributed by atoms with E-state index in [2.05, 4.69) is 5.10 Å². The molecule has 31 heavy (non-hydrogen) atoms. The van der Waals surface area contributed by atoms with Crippen molar-refractivity contribution in [3.8, 4) is 11.5 Å². The highest BCUT2D eigenvalue weighted by Crippen LogP contribution is 2.11. The van der Waals surface area contributed by atoms with Crippen LogP contribution in [0.25, 0.3) is 0 Å². The number of amides is 1. The molecule has 1 heterocycles. The van der Waals surface area contributed by atoms with Gasteiger partial charge in [-0.1, -0.05) is 18.2 Å². The number of nitrogens with zero attached hydrogens (tertiary/aromatic N) is 3. The van der Waals surface area contributed by atoms with Gasteiger partial charge in [0.15, 0.2) is 0 Å². The van der Waals surface area contributed by atoms with Crippen molar-refractivity contribution >= 4 is 5.91 Å².